The summed E-state index contributed by atoms with van der Waals surface area (Å²) in [6.45, 7) is 2.78. The van der Waals surface area contributed by atoms with Crippen LogP contribution in [0.5, 0.6) is 0 Å². The smallest absolute Gasteiger partial charge is 0.257 e. The van der Waals surface area contributed by atoms with E-state index in [1.54, 1.807) is 23.2 Å². The summed E-state index contributed by atoms with van der Waals surface area (Å²) >= 11 is 0. The van der Waals surface area contributed by atoms with Crippen molar-refractivity contribution in [2.24, 2.45) is 0 Å². The van der Waals surface area contributed by atoms with Crippen LogP contribution in [0.1, 0.15) is 23.2 Å². The van der Waals surface area contributed by atoms with Gasteiger partial charge in [-0.05, 0) is 49.2 Å². The molecule has 1 aromatic carbocycles. The highest BCUT2D eigenvalue weighted by Crippen LogP contribution is 2.24. The second-order valence-corrected chi connectivity index (χ2v) is 9.16. The average molecular weight is 418 g/mol. The van der Waals surface area contributed by atoms with Crippen LogP contribution in [0.3, 0.4) is 0 Å². The Morgan fingerprint density at radius 1 is 0.931 bits per heavy atom. The Kier molecular flexibility index (Phi) is 5.51. The normalized spacial score (nSPS) is 18.2. The van der Waals surface area contributed by atoms with Crippen molar-refractivity contribution in [1.82, 2.24) is 14.2 Å². The first-order valence-electron chi connectivity index (χ1n) is 9.72. The summed E-state index contributed by atoms with van der Waals surface area (Å²) in [5, 5.41) is 0. The van der Waals surface area contributed by atoms with Crippen molar-refractivity contribution in [3.05, 3.63) is 54.0 Å². The molecular formula is C20H23FN4O3S. The molecule has 0 spiro atoms. The first-order chi connectivity index (χ1) is 14.0. The van der Waals surface area contributed by atoms with Crippen LogP contribution in [0.4, 0.5) is 10.2 Å². The predicted octanol–water partition coefficient (Wildman–Crippen LogP) is 1.97. The summed E-state index contributed by atoms with van der Waals surface area (Å²) in [5.74, 6) is 0.0971. The zero-order valence-corrected chi connectivity index (χ0v) is 16.8. The van der Waals surface area contributed by atoms with Gasteiger partial charge >= 0.3 is 0 Å². The van der Waals surface area contributed by atoms with E-state index in [0.717, 1.165) is 38.1 Å². The lowest BCUT2D eigenvalue weighted by Crippen LogP contribution is -2.50. The average Bonchev–Trinajstić information content (AvgIpc) is 3.28. The number of nitrogens with zero attached hydrogens (tertiary/aromatic N) is 4. The van der Waals surface area contributed by atoms with Crippen LogP contribution in [-0.4, -0.2) is 67.8 Å². The van der Waals surface area contributed by atoms with E-state index in [0.29, 0.717) is 24.5 Å². The number of pyridine rings is 1. The second kappa shape index (κ2) is 8.08. The van der Waals surface area contributed by atoms with Gasteiger partial charge in [0.15, 0.2) is 0 Å². The van der Waals surface area contributed by atoms with E-state index in [1.165, 1.54) is 16.4 Å². The zero-order chi connectivity index (χ0) is 20.4. The first kappa shape index (κ1) is 19.8. The van der Waals surface area contributed by atoms with Crippen molar-refractivity contribution in [3.8, 4) is 0 Å². The largest absolute Gasteiger partial charge is 0.356 e. The van der Waals surface area contributed by atoms with Crippen molar-refractivity contribution in [2.75, 3.05) is 44.2 Å². The molecule has 2 fully saturated rings. The standard InChI is InChI=1S/C20H23FN4O3S/c21-16-5-7-17(8-6-16)29(27,28)25-14-12-24(13-15-25)20(26)18-4-3-9-22-19(18)23-10-1-2-11-23/h3-9H,1-2,10-15H2. The molecular weight excluding hydrogens is 395 g/mol. The van der Waals surface area contributed by atoms with Gasteiger partial charge in [0.25, 0.3) is 5.91 Å². The Morgan fingerprint density at radius 3 is 2.24 bits per heavy atom. The lowest BCUT2D eigenvalue weighted by atomic mass is 10.2. The molecule has 0 atom stereocenters. The number of halogens is 1. The molecule has 29 heavy (non-hydrogen) atoms. The summed E-state index contributed by atoms with van der Waals surface area (Å²) < 4.78 is 40.0. The van der Waals surface area contributed by atoms with E-state index >= 15 is 0 Å². The molecule has 7 nitrogen and oxygen atoms in total. The molecule has 0 radical (unpaired) electrons. The van der Waals surface area contributed by atoms with Crippen LogP contribution < -0.4 is 4.90 Å². The molecule has 0 N–H and O–H groups in total. The minimum Gasteiger partial charge on any atom is -0.356 e. The number of anilines is 1. The quantitative estimate of drug-likeness (QED) is 0.759. The Hall–Kier alpha value is -2.52. The van der Waals surface area contributed by atoms with E-state index in [2.05, 4.69) is 9.88 Å². The van der Waals surface area contributed by atoms with E-state index in [1.807, 2.05) is 0 Å². The maximum Gasteiger partial charge on any atom is 0.257 e. The van der Waals surface area contributed by atoms with Gasteiger partial charge in [-0.1, -0.05) is 0 Å². The Morgan fingerprint density at radius 2 is 1.59 bits per heavy atom. The number of aromatic nitrogens is 1. The monoisotopic (exact) mass is 418 g/mol. The number of benzene rings is 1. The third-order valence-electron chi connectivity index (χ3n) is 5.40. The lowest BCUT2D eigenvalue weighted by molar-refractivity contribution is 0.0698. The molecule has 0 saturated carbocycles. The molecule has 2 aliphatic rings. The van der Waals surface area contributed by atoms with Gasteiger partial charge in [-0.3, -0.25) is 4.79 Å². The van der Waals surface area contributed by atoms with Crippen LogP contribution >= 0.6 is 0 Å². The van der Waals surface area contributed by atoms with Gasteiger partial charge in [0.05, 0.1) is 10.5 Å². The number of carbonyl (C=O) groups excluding carboxylic acids is 1. The highest BCUT2D eigenvalue weighted by atomic mass is 32.2. The maximum absolute atomic E-state index is 13.1. The van der Waals surface area contributed by atoms with Gasteiger partial charge in [-0.2, -0.15) is 4.31 Å². The molecule has 9 heteroatoms. The van der Waals surface area contributed by atoms with E-state index < -0.39 is 15.8 Å². The molecule has 1 amide bonds. The van der Waals surface area contributed by atoms with Gasteiger partial charge in [0.2, 0.25) is 10.0 Å². The predicted molar refractivity (Wildman–Crippen MR) is 107 cm³/mol. The van der Waals surface area contributed by atoms with Crippen molar-refractivity contribution in [2.45, 2.75) is 17.7 Å². The minimum atomic E-state index is -3.71. The van der Waals surface area contributed by atoms with Gasteiger partial charge in [-0.25, -0.2) is 17.8 Å². The zero-order valence-electron chi connectivity index (χ0n) is 16.0. The molecule has 0 bridgehead atoms. The van der Waals surface area contributed by atoms with Gasteiger partial charge in [0.1, 0.15) is 11.6 Å². The van der Waals surface area contributed by atoms with Crippen LogP contribution in [0.25, 0.3) is 0 Å². The Labute approximate surface area is 169 Å². The third kappa shape index (κ3) is 3.97. The SMILES string of the molecule is O=C(c1cccnc1N1CCCC1)N1CCN(S(=O)(=O)c2ccc(F)cc2)CC1. The van der Waals surface area contributed by atoms with Crippen LogP contribution in [-0.2, 0) is 10.0 Å². The molecule has 0 aliphatic carbocycles. The van der Waals surface area contributed by atoms with E-state index in [9.17, 15) is 17.6 Å². The minimum absolute atomic E-state index is 0.0576. The summed E-state index contributed by atoms with van der Waals surface area (Å²) in [6, 6.07) is 8.33. The molecule has 154 valence electrons. The number of hydrogen-bond acceptors (Lipinski definition) is 5. The fraction of sp³-hybridized carbons (Fsp3) is 0.400. The van der Waals surface area contributed by atoms with Crippen LogP contribution in [0, 0.1) is 5.82 Å². The highest BCUT2D eigenvalue weighted by molar-refractivity contribution is 7.89. The fourth-order valence-electron chi connectivity index (χ4n) is 3.80. The van der Waals surface area contributed by atoms with Crippen molar-refractivity contribution in [1.29, 1.82) is 0 Å². The van der Waals surface area contributed by atoms with E-state index in [-0.39, 0.29) is 23.9 Å². The number of rotatable bonds is 4. The highest BCUT2D eigenvalue weighted by Gasteiger charge is 2.32. The number of hydrogen-bond donors (Lipinski definition) is 0. The summed E-state index contributed by atoms with van der Waals surface area (Å²) in [7, 11) is -3.71. The van der Waals surface area contributed by atoms with Gasteiger partial charge in [0, 0.05) is 45.5 Å². The lowest BCUT2D eigenvalue weighted by Gasteiger charge is -2.34. The fourth-order valence-corrected chi connectivity index (χ4v) is 5.22. The molecule has 4 rings (SSSR count). The summed E-state index contributed by atoms with van der Waals surface area (Å²) in [5.41, 5.74) is 0.559. The van der Waals surface area contributed by atoms with Crippen molar-refractivity contribution in [3.63, 3.8) is 0 Å². The Balaban J connectivity index is 1.46. The number of carbonyl (C=O) groups is 1. The Bertz CT molecular complexity index is 983. The maximum atomic E-state index is 13.1. The first-order valence-corrected chi connectivity index (χ1v) is 11.2. The third-order valence-corrected chi connectivity index (χ3v) is 7.31. The van der Waals surface area contributed by atoms with Gasteiger partial charge in [-0.15, -0.1) is 0 Å². The van der Waals surface area contributed by atoms with Crippen molar-refractivity contribution >= 4 is 21.7 Å². The summed E-state index contributed by atoms with van der Waals surface area (Å²) in [6.07, 6.45) is 3.87. The number of amides is 1. The number of piperazine rings is 1. The number of sulfonamides is 1. The molecule has 2 aliphatic heterocycles. The molecule has 1 aromatic heterocycles. The molecule has 2 saturated heterocycles. The summed E-state index contributed by atoms with van der Waals surface area (Å²) in [4.78, 5) is 21.4. The van der Waals surface area contributed by atoms with E-state index in [4.69, 9.17) is 0 Å². The molecule has 3 heterocycles. The molecule has 0 unspecified atom stereocenters. The van der Waals surface area contributed by atoms with Crippen LogP contribution in [0.2, 0.25) is 0 Å². The van der Waals surface area contributed by atoms with Gasteiger partial charge < -0.3 is 9.80 Å². The second-order valence-electron chi connectivity index (χ2n) is 7.22. The molecule has 2 aromatic rings. The topological polar surface area (TPSA) is 73.8 Å². The van der Waals surface area contributed by atoms with Crippen LogP contribution in [0.15, 0.2) is 47.5 Å². The van der Waals surface area contributed by atoms with Crippen molar-refractivity contribution < 1.29 is 17.6 Å².